The molecule has 1 atom stereocenters. The second-order valence-electron chi connectivity index (χ2n) is 4.03. The Morgan fingerprint density at radius 1 is 1.35 bits per heavy atom. The van der Waals surface area contributed by atoms with Gasteiger partial charge in [0.2, 0.25) is 0 Å². The Hall–Kier alpha value is -1.23. The average molecular weight is 302 g/mol. The van der Waals surface area contributed by atoms with Gasteiger partial charge in [-0.15, -0.1) is 0 Å². The van der Waals surface area contributed by atoms with E-state index >= 15 is 0 Å². The maximum Gasteiger partial charge on any atom is 0.253 e. The van der Waals surface area contributed by atoms with Crippen molar-refractivity contribution in [2.45, 2.75) is 18.2 Å². The van der Waals surface area contributed by atoms with Gasteiger partial charge >= 0.3 is 0 Å². The number of benzene rings is 1. The van der Waals surface area contributed by atoms with Crippen molar-refractivity contribution in [2.24, 2.45) is 0 Å². The third kappa shape index (κ3) is 4.26. The molecule has 0 spiro atoms. The summed E-state index contributed by atoms with van der Waals surface area (Å²) in [5, 5.41) is 18.6. The summed E-state index contributed by atoms with van der Waals surface area (Å²) in [6.45, 7) is 2.63. The van der Waals surface area contributed by atoms with Gasteiger partial charge in [0.1, 0.15) is 11.5 Å². The Morgan fingerprint density at radius 2 is 1.88 bits per heavy atom. The van der Waals surface area contributed by atoms with E-state index in [2.05, 4.69) is 15.9 Å². The van der Waals surface area contributed by atoms with Crippen LogP contribution in [0.25, 0.3) is 0 Å². The topological polar surface area (TPSA) is 60.8 Å². The highest BCUT2D eigenvalue weighted by atomic mass is 79.9. The molecule has 1 amide bonds. The molecule has 0 aliphatic rings. The minimum Gasteiger partial charge on any atom is -0.508 e. The van der Waals surface area contributed by atoms with Gasteiger partial charge in [-0.05, 0) is 18.6 Å². The molecule has 5 heteroatoms. The van der Waals surface area contributed by atoms with Crippen molar-refractivity contribution in [3.8, 4) is 11.5 Å². The first kappa shape index (κ1) is 13.8. The Labute approximate surface area is 109 Å². The highest BCUT2D eigenvalue weighted by Crippen LogP contribution is 2.21. The molecule has 1 rings (SSSR count). The molecule has 1 aromatic carbocycles. The molecule has 0 aliphatic carbocycles. The van der Waals surface area contributed by atoms with Crippen molar-refractivity contribution < 1.29 is 15.0 Å². The van der Waals surface area contributed by atoms with Gasteiger partial charge < -0.3 is 15.1 Å². The molecule has 0 bridgehead atoms. The van der Waals surface area contributed by atoms with Crippen LogP contribution in [0.2, 0.25) is 0 Å². The van der Waals surface area contributed by atoms with Crippen LogP contribution >= 0.6 is 15.9 Å². The van der Waals surface area contributed by atoms with Gasteiger partial charge in [0.15, 0.2) is 0 Å². The molecule has 0 saturated carbocycles. The monoisotopic (exact) mass is 301 g/mol. The second-order valence-corrected chi connectivity index (χ2v) is 5.60. The molecule has 1 unspecified atom stereocenters. The van der Waals surface area contributed by atoms with Gasteiger partial charge in [-0.25, -0.2) is 0 Å². The van der Waals surface area contributed by atoms with Crippen molar-refractivity contribution in [1.29, 1.82) is 0 Å². The Morgan fingerprint density at radius 3 is 2.35 bits per heavy atom. The Bertz CT molecular complexity index is 386. The number of phenolic OH excluding ortho intramolecular Hbond substituents is 2. The van der Waals surface area contributed by atoms with Gasteiger partial charge in [0, 0.05) is 30.0 Å². The predicted octanol–water partition coefficient (Wildman–Crippen LogP) is 2.34. The number of hydrogen-bond donors (Lipinski definition) is 2. The van der Waals surface area contributed by atoms with Gasteiger partial charge in [-0.3, -0.25) is 4.79 Å². The molecule has 94 valence electrons. The maximum atomic E-state index is 12.0. The fourth-order valence-electron chi connectivity index (χ4n) is 1.41. The Kier molecular flexibility index (Phi) is 4.81. The summed E-state index contributed by atoms with van der Waals surface area (Å²) in [6.07, 6.45) is 0.840. The number of halogens is 1. The van der Waals surface area contributed by atoms with Crippen LogP contribution in [0.3, 0.4) is 0 Å². The molecule has 0 saturated heterocycles. The van der Waals surface area contributed by atoms with E-state index in [0.717, 1.165) is 6.42 Å². The van der Waals surface area contributed by atoms with E-state index in [-0.39, 0.29) is 23.0 Å². The number of carbonyl (C=O) groups is 1. The first-order valence-corrected chi connectivity index (χ1v) is 6.24. The van der Waals surface area contributed by atoms with E-state index in [1.54, 1.807) is 11.9 Å². The largest absolute Gasteiger partial charge is 0.508 e. The molecule has 17 heavy (non-hydrogen) atoms. The highest BCUT2D eigenvalue weighted by molar-refractivity contribution is 9.09. The van der Waals surface area contributed by atoms with Gasteiger partial charge in [0.05, 0.1) is 0 Å². The molecule has 0 radical (unpaired) electrons. The van der Waals surface area contributed by atoms with E-state index in [4.69, 9.17) is 0 Å². The Balaban J connectivity index is 2.74. The van der Waals surface area contributed by atoms with Crippen LogP contribution in [-0.2, 0) is 0 Å². The number of phenols is 2. The predicted molar refractivity (Wildman–Crippen MR) is 69.7 cm³/mol. The molecular weight excluding hydrogens is 286 g/mol. The molecule has 1 aromatic rings. The number of nitrogens with zero attached hydrogens (tertiary/aromatic N) is 1. The normalized spacial score (nSPS) is 12.2. The molecule has 2 N–H and O–H groups in total. The van der Waals surface area contributed by atoms with Gasteiger partial charge in [-0.2, -0.15) is 0 Å². The summed E-state index contributed by atoms with van der Waals surface area (Å²) < 4.78 is 0. The molecular formula is C12H16BrNO3. The number of carbonyl (C=O) groups excluding carboxylic acids is 1. The minimum absolute atomic E-state index is 0.115. The van der Waals surface area contributed by atoms with Crippen LogP contribution in [0.5, 0.6) is 11.5 Å². The second kappa shape index (κ2) is 5.91. The summed E-state index contributed by atoms with van der Waals surface area (Å²) in [6, 6.07) is 3.88. The van der Waals surface area contributed by atoms with Crippen LogP contribution in [0.1, 0.15) is 23.7 Å². The van der Waals surface area contributed by atoms with Crippen LogP contribution < -0.4 is 0 Å². The quantitative estimate of drug-likeness (QED) is 0.839. The molecule has 0 fully saturated rings. The average Bonchev–Trinajstić information content (AvgIpc) is 2.23. The first-order chi connectivity index (χ1) is 7.90. The lowest BCUT2D eigenvalue weighted by molar-refractivity contribution is 0.0793. The molecule has 0 aliphatic heterocycles. The van der Waals surface area contributed by atoms with Crippen molar-refractivity contribution in [3.05, 3.63) is 23.8 Å². The van der Waals surface area contributed by atoms with E-state index < -0.39 is 0 Å². The zero-order chi connectivity index (χ0) is 13.0. The lowest BCUT2D eigenvalue weighted by Crippen LogP contribution is -2.28. The third-order valence-corrected chi connectivity index (χ3v) is 2.82. The summed E-state index contributed by atoms with van der Waals surface area (Å²) in [5.74, 6) is -0.449. The lowest BCUT2D eigenvalue weighted by atomic mass is 10.1. The standard InChI is InChI=1S/C12H16BrNO3/c1-8(13)3-4-14(2)12(17)9-5-10(15)7-11(16)6-9/h5-8,15-16H,3-4H2,1-2H3. The first-order valence-electron chi connectivity index (χ1n) is 5.32. The summed E-state index contributed by atoms with van der Waals surface area (Å²) in [7, 11) is 1.69. The molecule has 0 aromatic heterocycles. The third-order valence-electron chi connectivity index (χ3n) is 2.36. The summed E-state index contributed by atoms with van der Waals surface area (Å²) in [4.78, 5) is 13.9. The van der Waals surface area contributed by atoms with Crippen molar-refractivity contribution in [3.63, 3.8) is 0 Å². The van der Waals surface area contributed by atoms with Gasteiger partial charge in [0.25, 0.3) is 5.91 Å². The SMILES string of the molecule is CC(Br)CCN(C)C(=O)c1cc(O)cc(O)c1. The fraction of sp³-hybridized carbons (Fsp3) is 0.417. The smallest absolute Gasteiger partial charge is 0.253 e. The van der Waals surface area contributed by atoms with E-state index in [1.165, 1.54) is 18.2 Å². The van der Waals surface area contributed by atoms with E-state index in [9.17, 15) is 15.0 Å². The lowest BCUT2D eigenvalue weighted by Gasteiger charge is -2.18. The number of amides is 1. The number of aromatic hydroxyl groups is 2. The number of hydrogen-bond acceptors (Lipinski definition) is 3. The van der Waals surface area contributed by atoms with Crippen molar-refractivity contribution in [1.82, 2.24) is 4.90 Å². The minimum atomic E-state index is -0.218. The fourth-order valence-corrected chi connectivity index (χ4v) is 1.62. The van der Waals surface area contributed by atoms with E-state index in [0.29, 0.717) is 11.4 Å². The number of rotatable bonds is 4. The molecule has 0 heterocycles. The zero-order valence-corrected chi connectivity index (χ0v) is 11.4. The summed E-state index contributed by atoms with van der Waals surface area (Å²) >= 11 is 3.41. The van der Waals surface area contributed by atoms with Crippen LogP contribution in [0.15, 0.2) is 18.2 Å². The molecule has 4 nitrogen and oxygen atoms in total. The van der Waals surface area contributed by atoms with Crippen LogP contribution in [-0.4, -0.2) is 39.4 Å². The highest BCUT2D eigenvalue weighted by Gasteiger charge is 2.13. The summed E-state index contributed by atoms with van der Waals surface area (Å²) in [5.41, 5.74) is 0.284. The maximum absolute atomic E-state index is 12.0. The zero-order valence-electron chi connectivity index (χ0n) is 9.85. The van der Waals surface area contributed by atoms with Crippen LogP contribution in [0.4, 0.5) is 0 Å². The van der Waals surface area contributed by atoms with Crippen LogP contribution in [0, 0.1) is 0 Å². The van der Waals surface area contributed by atoms with Gasteiger partial charge in [-0.1, -0.05) is 22.9 Å². The van der Waals surface area contributed by atoms with Crippen molar-refractivity contribution >= 4 is 21.8 Å². The van der Waals surface area contributed by atoms with E-state index in [1.807, 2.05) is 6.92 Å². The van der Waals surface area contributed by atoms with Crippen molar-refractivity contribution in [2.75, 3.05) is 13.6 Å². The number of alkyl halides is 1.